The topological polar surface area (TPSA) is 84.5 Å². The van der Waals surface area contributed by atoms with Gasteiger partial charge in [-0.25, -0.2) is 4.79 Å². The van der Waals surface area contributed by atoms with E-state index in [1.54, 1.807) is 48.5 Å². The Morgan fingerprint density at radius 3 is 1.69 bits per heavy atom. The van der Waals surface area contributed by atoms with Gasteiger partial charge in [-0.2, -0.15) is 0 Å². The summed E-state index contributed by atoms with van der Waals surface area (Å²) in [5, 5.41) is 5.71. The van der Waals surface area contributed by atoms with Crippen molar-refractivity contribution < 1.29 is 19.1 Å². The highest BCUT2D eigenvalue weighted by Gasteiger charge is 2.23. The van der Waals surface area contributed by atoms with Crippen LogP contribution >= 0.6 is 0 Å². The molecule has 0 radical (unpaired) electrons. The lowest BCUT2D eigenvalue weighted by Gasteiger charge is -2.18. The summed E-state index contributed by atoms with van der Waals surface area (Å²) in [5.74, 6) is -1.18. The van der Waals surface area contributed by atoms with Crippen molar-refractivity contribution in [2.24, 2.45) is 0 Å². The fourth-order valence-electron chi connectivity index (χ4n) is 3.99. The normalized spacial score (nSPS) is 11.7. The van der Waals surface area contributed by atoms with Crippen molar-refractivity contribution in [1.29, 1.82) is 0 Å². The number of nitrogens with one attached hydrogen (secondary N) is 2. The van der Waals surface area contributed by atoms with Crippen molar-refractivity contribution in [3.63, 3.8) is 0 Å². The summed E-state index contributed by atoms with van der Waals surface area (Å²) in [7, 11) is 0. The van der Waals surface area contributed by atoms with E-state index in [0.717, 1.165) is 11.1 Å². The second-order valence-electron chi connectivity index (χ2n) is 9.01. The first-order valence-electron chi connectivity index (χ1n) is 12.7. The molecule has 6 heteroatoms. The molecule has 0 bridgehead atoms. The second-order valence-corrected chi connectivity index (χ2v) is 9.01. The Kier molecular flexibility index (Phi) is 9.79. The van der Waals surface area contributed by atoms with Gasteiger partial charge in [-0.15, -0.1) is 0 Å². The smallest absolute Gasteiger partial charge is 0.333 e. The van der Waals surface area contributed by atoms with Crippen LogP contribution in [0.1, 0.15) is 31.8 Å². The van der Waals surface area contributed by atoms with E-state index in [1.165, 1.54) is 6.26 Å². The molecule has 4 aromatic rings. The van der Waals surface area contributed by atoms with Crippen molar-refractivity contribution in [3.05, 3.63) is 155 Å². The van der Waals surface area contributed by atoms with Crippen LogP contribution in [0, 0.1) is 0 Å². The van der Waals surface area contributed by atoms with Crippen molar-refractivity contribution in [2.45, 2.75) is 18.9 Å². The van der Waals surface area contributed by atoms with Crippen molar-refractivity contribution in [2.75, 3.05) is 6.54 Å². The second kappa shape index (κ2) is 14.1. The van der Waals surface area contributed by atoms with E-state index in [9.17, 15) is 14.4 Å². The van der Waals surface area contributed by atoms with Crippen molar-refractivity contribution in [1.82, 2.24) is 10.6 Å². The third-order valence-corrected chi connectivity index (χ3v) is 6.04. The zero-order chi connectivity index (χ0) is 27.3. The quantitative estimate of drug-likeness (QED) is 0.213. The van der Waals surface area contributed by atoms with Gasteiger partial charge >= 0.3 is 5.97 Å². The molecule has 0 fully saturated rings. The van der Waals surface area contributed by atoms with E-state index in [0.29, 0.717) is 23.1 Å². The van der Waals surface area contributed by atoms with Crippen LogP contribution < -0.4 is 10.6 Å². The van der Waals surface area contributed by atoms with Gasteiger partial charge in [0.1, 0.15) is 6.04 Å². The van der Waals surface area contributed by atoms with Gasteiger partial charge in [0.2, 0.25) is 0 Å². The highest BCUT2D eigenvalue weighted by Crippen LogP contribution is 2.11. The Morgan fingerprint density at radius 2 is 1.13 bits per heavy atom. The summed E-state index contributed by atoms with van der Waals surface area (Å²) in [6, 6.07) is 35.9. The number of carbonyl (C=O) groups is 3. The van der Waals surface area contributed by atoms with Gasteiger partial charge in [-0.1, -0.05) is 97.1 Å². The summed E-state index contributed by atoms with van der Waals surface area (Å²) in [6.45, 7) is 0.190. The Hall–Kier alpha value is -4.97. The largest absolute Gasteiger partial charge is 0.433 e. The molecule has 0 spiro atoms. The molecule has 0 aliphatic heterocycles. The van der Waals surface area contributed by atoms with Crippen LogP contribution in [0.25, 0.3) is 0 Å². The van der Waals surface area contributed by atoms with E-state index in [-0.39, 0.29) is 24.8 Å². The summed E-state index contributed by atoms with van der Waals surface area (Å²) < 4.78 is 5.62. The van der Waals surface area contributed by atoms with E-state index in [4.69, 9.17) is 4.74 Å². The van der Waals surface area contributed by atoms with Gasteiger partial charge in [-0.05, 0) is 47.4 Å². The molecule has 39 heavy (non-hydrogen) atoms. The Morgan fingerprint density at radius 1 is 0.641 bits per heavy atom. The number of hydrogen-bond donors (Lipinski definition) is 2. The molecule has 2 amide bonds. The van der Waals surface area contributed by atoms with Gasteiger partial charge < -0.3 is 15.4 Å². The Bertz CT molecular complexity index is 1390. The summed E-state index contributed by atoms with van der Waals surface area (Å²) >= 11 is 0. The lowest BCUT2D eigenvalue weighted by Crippen LogP contribution is -2.43. The number of ether oxygens (including phenoxy) is 1. The van der Waals surface area contributed by atoms with Crippen LogP contribution in [0.3, 0.4) is 0 Å². The lowest BCUT2D eigenvalue weighted by molar-refractivity contribution is -0.140. The minimum Gasteiger partial charge on any atom is -0.433 e. The molecular formula is C33H30N2O4. The van der Waals surface area contributed by atoms with Crippen LogP contribution in [0.5, 0.6) is 0 Å². The fourth-order valence-corrected chi connectivity index (χ4v) is 3.99. The Labute approximate surface area is 228 Å². The van der Waals surface area contributed by atoms with Crippen LogP contribution in [0.15, 0.2) is 133 Å². The van der Waals surface area contributed by atoms with E-state index < -0.39 is 12.0 Å². The summed E-state index contributed by atoms with van der Waals surface area (Å²) in [6.07, 6.45) is 2.13. The molecule has 196 valence electrons. The average Bonchev–Trinajstić information content (AvgIpc) is 2.99. The highest BCUT2D eigenvalue weighted by atomic mass is 16.5. The monoisotopic (exact) mass is 518 g/mol. The van der Waals surface area contributed by atoms with Gasteiger partial charge in [0.05, 0.1) is 6.26 Å². The average molecular weight is 519 g/mol. The molecule has 4 rings (SSSR count). The Balaban J connectivity index is 1.50. The molecule has 0 aliphatic rings. The molecule has 4 aromatic carbocycles. The standard InChI is InChI=1S/C33H30N2O4/c36-31(28-17-9-3-10-18-28)34-23-27(21-25-13-5-1-6-14-25)24-39-33(38)30(22-26-15-7-2-8-16-26)35-32(37)29-19-11-4-12-20-29/h1-20,24,30H,21-23H2,(H,34,36)(H,35,37)/b27-24-/t30-/m1/s1. The SMILES string of the molecule is O=C(NC/C(=C\OC(=O)[C@@H](Cc1ccccc1)NC(=O)c1ccccc1)Cc1ccccc1)c1ccccc1. The zero-order valence-electron chi connectivity index (χ0n) is 21.5. The van der Waals surface area contributed by atoms with Gasteiger partial charge in [0.25, 0.3) is 11.8 Å². The van der Waals surface area contributed by atoms with Gasteiger partial charge in [0, 0.05) is 24.1 Å². The molecule has 0 saturated heterocycles. The van der Waals surface area contributed by atoms with Crippen molar-refractivity contribution in [3.8, 4) is 0 Å². The predicted molar refractivity (Wildman–Crippen MR) is 151 cm³/mol. The lowest BCUT2D eigenvalue weighted by atomic mass is 10.0. The summed E-state index contributed by atoms with van der Waals surface area (Å²) in [5.41, 5.74) is 3.59. The maximum Gasteiger partial charge on any atom is 0.333 e. The van der Waals surface area contributed by atoms with E-state index >= 15 is 0 Å². The number of esters is 1. The van der Waals surface area contributed by atoms with Crippen molar-refractivity contribution >= 4 is 17.8 Å². The van der Waals surface area contributed by atoms with Gasteiger partial charge in [-0.3, -0.25) is 9.59 Å². The molecule has 1 atom stereocenters. The van der Waals surface area contributed by atoms with E-state index in [1.807, 2.05) is 72.8 Å². The first-order chi connectivity index (χ1) is 19.1. The maximum atomic E-state index is 13.3. The van der Waals surface area contributed by atoms with Crippen LogP contribution in [-0.2, 0) is 22.4 Å². The highest BCUT2D eigenvalue weighted by molar-refractivity contribution is 5.97. The number of hydrogen-bond acceptors (Lipinski definition) is 4. The van der Waals surface area contributed by atoms with Crippen LogP contribution in [-0.4, -0.2) is 30.4 Å². The zero-order valence-corrected chi connectivity index (χ0v) is 21.5. The molecule has 6 nitrogen and oxygen atoms in total. The fraction of sp³-hybridized carbons (Fsp3) is 0.121. The first kappa shape index (κ1) is 27.1. The van der Waals surface area contributed by atoms with Crippen LogP contribution in [0.4, 0.5) is 0 Å². The number of carbonyl (C=O) groups excluding carboxylic acids is 3. The molecule has 0 heterocycles. The summed E-state index contributed by atoms with van der Waals surface area (Å²) in [4.78, 5) is 38.7. The molecule has 0 aromatic heterocycles. The number of amides is 2. The minimum absolute atomic E-state index is 0.190. The molecule has 2 N–H and O–H groups in total. The maximum absolute atomic E-state index is 13.3. The number of rotatable bonds is 11. The molecular weight excluding hydrogens is 488 g/mol. The van der Waals surface area contributed by atoms with E-state index in [2.05, 4.69) is 10.6 Å². The predicted octanol–water partition coefficient (Wildman–Crippen LogP) is 5.13. The molecule has 0 unspecified atom stereocenters. The minimum atomic E-state index is -0.909. The molecule has 0 aliphatic carbocycles. The molecule has 0 saturated carbocycles. The third kappa shape index (κ3) is 8.54. The third-order valence-electron chi connectivity index (χ3n) is 6.04. The number of benzene rings is 4. The van der Waals surface area contributed by atoms with Gasteiger partial charge in [0.15, 0.2) is 0 Å². The first-order valence-corrected chi connectivity index (χ1v) is 12.7. The van der Waals surface area contributed by atoms with Crippen LogP contribution in [0.2, 0.25) is 0 Å².